The van der Waals surface area contributed by atoms with Gasteiger partial charge >= 0.3 is 6.03 Å². The van der Waals surface area contributed by atoms with E-state index in [-0.39, 0.29) is 6.03 Å². The van der Waals surface area contributed by atoms with Crippen molar-refractivity contribution in [3.8, 4) is 0 Å². The van der Waals surface area contributed by atoms with E-state index in [9.17, 15) is 9.18 Å². The summed E-state index contributed by atoms with van der Waals surface area (Å²) < 4.78 is 12.7. The summed E-state index contributed by atoms with van der Waals surface area (Å²) in [5.74, 6) is 0.707. The lowest BCUT2D eigenvalue weighted by atomic mass is 10.1. The van der Waals surface area contributed by atoms with Crippen LogP contribution < -0.4 is 5.32 Å². The quantitative estimate of drug-likeness (QED) is 0.811. The third-order valence-corrected chi connectivity index (χ3v) is 3.48. The molecule has 4 nitrogen and oxygen atoms in total. The van der Waals surface area contributed by atoms with Gasteiger partial charge in [-0.1, -0.05) is 0 Å². The lowest BCUT2D eigenvalue weighted by Gasteiger charge is -2.26. The molecule has 2 aliphatic rings. The molecule has 90 valence electrons. The number of hydrogen-bond acceptors (Lipinski definition) is 2. The monoisotopic (exact) mass is 235 g/mol. The third kappa shape index (κ3) is 2.09. The number of piperidine rings is 1. The molecular formula is C12H14FN3O. The Kier molecular flexibility index (Phi) is 2.46. The fourth-order valence-electron chi connectivity index (χ4n) is 2.50. The summed E-state index contributed by atoms with van der Waals surface area (Å²) in [4.78, 5) is 17.7. The number of carbonyl (C=O) groups is 1. The summed E-state index contributed by atoms with van der Waals surface area (Å²) in [5.41, 5.74) is 0. The molecule has 5 heteroatoms. The number of rotatable bonds is 1. The maximum Gasteiger partial charge on any atom is 0.323 e. The molecule has 2 unspecified atom stereocenters. The lowest BCUT2D eigenvalue weighted by Crippen LogP contribution is -2.40. The molecule has 3 rings (SSSR count). The zero-order valence-corrected chi connectivity index (χ0v) is 9.40. The van der Waals surface area contributed by atoms with Crippen molar-refractivity contribution in [1.29, 1.82) is 0 Å². The number of amides is 2. The number of likely N-dealkylation sites (tertiary alicyclic amines) is 1. The predicted octanol–water partition coefficient (Wildman–Crippen LogP) is 2.24. The van der Waals surface area contributed by atoms with Crippen LogP contribution in [-0.4, -0.2) is 28.5 Å². The van der Waals surface area contributed by atoms with Gasteiger partial charge in [-0.05, 0) is 37.3 Å². The van der Waals surface area contributed by atoms with Gasteiger partial charge in [0.2, 0.25) is 0 Å². The first-order valence-electron chi connectivity index (χ1n) is 5.93. The highest BCUT2D eigenvalue weighted by Gasteiger charge is 2.46. The predicted molar refractivity (Wildman–Crippen MR) is 61.0 cm³/mol. The van der Waals surface area contributed by atoms with E-state index in [1.54, 1.807) is 0 Å². The van der Waals surface area contributed by atoms with E-state index in [1.165, 1.54) is 18.6 Å². The topological polar surface area (TPSA) is 45.2 Å². The minimum Gasteiger partial charge on any atom is -0.321 e. The van der Waals surface area contributed by atoms with E-state index < -0.39 is 5.82 Å². The Morgan fingerprint density at radius 1 is 1.53 bits per heavy atom. The zero-order chi connectivity index (χ0) is 11.8. The Labute approximate surface area is 98.8 Å². The summed E-state index contributed by atoms with van der Waals surface area (Å²) in [6, 6.07) is 3.07. The van der Waals surface area contributed by atoms with Gasteiger partial charge in [0.25, 0.3) is 0 Å². The first-order chi connectivity index (χ1) is 8.24. The molecular weight excluding hydrogens is 221 g/mol. The molecule has 1 saturated heterocycles. The van der Waals surface area contributed by atoms with Gasteiger partial charge in [-0.15, -0.1) is 0 Å². The van der Waals surface area contributed by atoms with Gasteiger partial charge in [-0.2, -0.15) is 0 Å². The number of pyridine rings is 1. The Balaban J connectivity index is 1.65. The molecule has 0 spiro atoms. The van der Waals surface area contributed by atoms with E-state index in [2.05, 4.69) is 10.3 Å². The minimum atomic E-state index is -0.400. The highest BCUT2D eigenvalue weighted by atomic mass is 19.1. The largest absolute Gasteiger partial charge is 0.323 e. The van der Waals surface area contributed by atoms with Gasteiger partial charge in [0, 0.05) is 12.6 Å². The molecule has 2 fully saturated rings. The number of nitrogens with zero attached hydrogens (tertiary/aromatic N) is 2. The van der Waals surface area contributed by atoms with Crippen molar-refractivity contribution in [2.45, 2.75) is 25.3 Å². The molecule has 1 aromatic rings. The number of anilines is 1. The summed E-state index contributed by atoms with van der Waals surface area (Å²) in [6.45, 7) is 0.814. The van der Waals surface area contributed by atoms with Gasteiger partial charge < -0.3 is 4.90 Å². The van der Waals surface area contributed by atoms with Crippen LogP contribution in [0, 0.1) is 11.7 Å². The fourth-order valence-corrected chi connectivity index (χ4v) is 2.50. The normalized spacial score (nSPS) is 26.3. The van der Waals surface area contributed by atoms with Crippen LogP contribution >= 0.6 is 0 Å². The first-order valence-corrected chi connectivity index (χ1v) is 5.93. The van der Waals surface area contributed by atoms with Crippen LogP contribution in [-0.2, 0) is 0 Å². The maximum atomic E-state index is 12.7. The summed E-state index contributed by atoms with van der Waals surface area (Å²) in [7, 11) is 0. The van der Waals surface area contributed by atoms with E-state index in [4.69, 9.17) is 0 Å². The van der Waals surface area contributed by atoms with Crippen LogP contribution in [0.1, 0.15) is 19.3 Å². The van der Waals surface area contributed by atoms with Crippen molar-refractivity contribution in [2.24, 2.45) is 5.92 Å². The molecule has 1 N–H and O–H groups in total. The Bertz CT molecular complexity index is 434. The molecule has 1 aliphatic carbocycles. The van der Waals surface area contributed by atoms with E-state index >= 15 is 0 Å². The number of aromatic nitrogens is 1. The second-order valence-electron chi connectivity index (χ2n) is 4.69. The van der Waals surface area contributed by atoms with Crippen molar-refractivity contribution in [1.82, 2.24) is 9.88 Å². The first kappa shape index (κ1) is 10.5. The number of halogens is 1. The molecule has 2 heterocycles. The Morgan fingerprint density at radius 2 is 2.41 bits per heavy atom. The van der Waals surface area contributed by atoms with Crippen LogP contribution in [0.25, 0.3) is 0 Å². The Hall–Kier alpha value is -1.65. The molecule has 2 atom stereocenters. The smallest absolute Gasteiger partial charge is 0.321 e. The van der Waals surface area contributed by atoms with Crippen molar-refractivity contribution < 1.29 is 9.18 Å². The zero-order valence-electron chi connectivity index (χ0n) is 9.40. The molecule has 1 aromatic heterocycles. The molecule has 0 radical (unpaired) electrons. The summed E-state index contributed by atoms with van der Waals surface area (Å²) in [6.07, 6.45) is 4.55. The molecule has 0 bridgehead atoms. The van der Waals surface area contributed by atoms with E-state index in [1.807, 2.05) is 4.90 Å². The van der Waals surface area contributed by atoms with Gasteiger partial charge in [0.15, 0.2) is 0 Å². The summed E-state index contributed by atoms with van der Waals surface area (Å²) in [5, 5.41) is 2.71. The number of fused-ring (bicyclic) bond motifs is 1. The SMILES string of the molecule is O=C(Nc1ccc(F)cn1)N1CCCC2CC21. The highest BCUT2D eigenvalue weighted by Crippen LogP contribution is 2.43. The van der Waals surface area contributed by atoms with Crippen LogP contribution in [0.2, 0.25) is 0 Å². The van der Waals surface area contributed by atoms with Crippen molar-refractivity contribution in [2.75, 3.05) is 11.9 Å². The van der Waals surface area contributed by atoms with Gasteiger partial charge in [-0.3, -0.25) is 5.32 Å². The van der Waals surface area contributed by atoms with Gasteiger partial charge in [-0.25, -0.2) is 14.2 Å². The number of nitrogens with one attached hydrogen (secondary N) is 1. The van der Waals surface area contributed by atoms with Crippen molar-refractivity contribution >= 4 is 11.8 Å². The average molecular weight is 235 g/mol. The molecule has 0 aromatic carbocycles. The van der Waals surface area contributed by atoms with Gasteiger partial charge in [0.05, 0.1) is 6.20 Å². The summed E-state index contributed by atoms with van der Waals surface area (Å²) >= 11 is 0. The number of urea groups is 1. The van der Waals surface area contributed by atoms with Crippen LogP contribution in [0.5, 0.6) is 0 Å². The Morgan fingerprint density at radius 3 is 3.18 bits per heavy atom. The molecule has 17 heavy (non-hydrogen) atoms. The molecule has 1 aliphatic heterocycles. The van der Waals surface area contributed by atoms with Crippen molar-refractivity contribution in [3.05, 3.63) is 24.1 Å². The van der Waals surface area contributed by atoms with E-state index in [0.717, 1.165) is 25.6 Å². The molecule has 1 saturated carbocycles. The van der Waals surface area contributed by atoms with Crippen molar-refractivity contribution in [3.63, 3.8) is 0 Å². The third-order valence-electron chi connectivity index (χ3n) is 3.48. The van der Waals surface area contributed by atoms with E-state index in [0.29, 0.717) is 17.8 Å². The van der Waals surface area contributed by atoms with Gasteiger partial charge in [0.1, 0.15) is 11.6 Å². The fraction of sp³-hybridized carbons (Fsp3) is 0.500. The molecule has 2 amide bonds. The van der Waals surface area contributed by atoms with Crippen LogP contribution in [0.15, 0.2) is 18.3 Å². The number of hydrogen-bond donors (Lipinski definition) is 1. The second kappa shape index (κ2) is 3.98. The second-order valence-corrected chi connectivity index (χ2v) is 4.69. The minimum absolute atomic E-state index is 0.115. The standard InChI is InChI=1S/C12H14FN3O/c13-9-3-4-11(14-7-9)15-12(17)16-5-1-2-8-6-10(8)16/h3-4,7-8,10H,1-2,5-6H2,(H,14,15,17). The lowest BCUT2D eigenvalue weighted by molar-refractivity contribution is 0.195. The average Bonchev–Trinajstić information content (AvgIpc) is 3.10. The maximum absolute atomic E-state index is 12.7. The van der Waals surface area contributed by atoms with Crippen LogP contribution in [0.3, 0.4) is 0 Å². The number of carbonyl (C=O) groups excluding carboxylic acids is 1. The van der Waals surface area contributed by atoms with Crippen LogP contribution in [0.4, 0.5) is 15.0 Å². The highest BCUT2D eigenvalue weighted by molar-refractivity contribution is 5.88.